The number of aryl methyl sites for hydroxylation is 2. The van der Waals surface area contributed by atoms with Crippen molar-refractivity contribution in [3.63, 3.8) is 0 Å². The highest BCUT2D eigenvalue weighted by molar-refractivity contribution is 5.99. The molecule has 3 N–H and O–H groups in total. The van der Waals surface area contributed by atoms with Gasteiger partial charge in [0.15, 0.2) is 0 Å². The summed E-state index contributed by atoms with van der Waals surface area (Å²) in [6.45, 7) is 5.68. The fourth-order valence-corrected chi connectivity index (χ4v) is 2.54. The maximum atomic E-state index is 12.6. The van der Waals surface area contributed by atoms with Crippen molar-refractivity contribution in [2.75, 3.05) is 12.4 Å². The molecule has 0 saturated heterocycles. The molecule has 0 fully saturated rings. The number of rotatable bonds is 6. The van der Waals surface area contributed by atoms with Gasteiger partial charge in [-0.25, -0.2) is 0 Å². The lowest BCUT2D eigenvalue weighted by atomic mass is 10.1. The van der Waals surface area contributed by atoms with E-state index in [2.05, 4.69) is 21.0 Å². The monoisotopic (exact) mass is 379 g/mol. The van der Waals surface area contributed by atoms with E-state index in [0.29, 0.717) is 11.3 Å². The van der Waals surface area contributed by atoms with Gasteiger partial charge in [0.2, 0.25) is 5.91 Å². The summed E-state index contributed by atoms with van der Waals surface area (Å²) in [4.78, 5) is 24.9. The fraction of sp³-hybridized carbons (Fsp3) is 0.389. The first-order valence-corrected chi connectivity index (χ1v) is 8.20. The van der Waals surface area contributed by atoms with Crippen molar-refractivity contribution in [1.29, 1.82) is 0 Å². The maximum Gasteiger partial charge on any atom is 0.251 e. The smallest absolute Gasteiger partial charge is 0.251 e. The van der Waals surface area contributed by atoms with Crippen LogP contribution in [0.3, 0.4) is 0 Å². The molecule has 142 valence electrons. The van der Waals surface area contributed by atoms with Crippen LogP contribution in [0.1, 0.15) is 41.4 Å². The number of carbonyl (C=O) groups is 2. The molecule has 0 aliphatic rings. The first-order chi connectivity index (χ1) is 11.8. The molecule has 0 aliphatic heterocycles. The van der Waals surface area contributed by atoms with Crippen LogP contribution in [0.25, 0.3) is 0 Å². The number of anilines is 1. The van der Waals surface area contributed by atoms with Gasteiger partial charge >= 0.3 is 0 Å². The number of hydrogen-bond acceptors (Lipinski definition) is 4. The summed E-state index contributed by atoms with van der Waals surface area (Å²) in [6.07, 6.45) is 3.44. The summed E-state index contributed by atoms with van der Waals surface area (Å²) >= 11 is 0. The second-order valence-corrected chi connectivity index (χ2v) is 6.32. The van der Waals surface area contributed by atoms with Crippen molar-refractivity contribution in [1.82, 2.24) is 20.4 Å². The van der Waals surface area contributed by atoms with Crippen LogP contribution in [0.5, 0.6) is 0 Å². The summed E-state index contributed by atoms with van der Waals surface area (Å²) in [5.74, 6) is -0.365. The van der Waals surface area contributed by atoms with Gasteiger partial charge in [-0.2, -0.15) is 5.10 Å². The largest absolute Gasteiger partial charge is 0.350 e. The number of likely N-dealkylation sites (N-methyl/N-ethyl adjacent to an activating group) is 1. The molecule has 7 nitrogen and oxygen atoms in total. The molecule has 26 heavy (non-hydrogen) atoms. The SMILES string of the molecule is CNC(C(=O)Nc1ccc(C)c(C(=O)NC(C)C)c1)c1cnn(C)c1.Cl. The van der Waals surface area contributed by atoms with Crippen molar-refractivity contribution in [3.05, 3.63) is 47.3 Å². The van der Waals surface area contributed by atoms with E-state index in [1.165, 1.54) is 0 Å². The van der Waals surface area contributed by atoms with Crippen molar-refractivity contribution >= 4 is 29.9 Å². The normalized spacial score (nSPS) is 11.6. The standard InChI is InChI=1S/C18H25N5O2.ClH/c1-11(2)21-17(24)15-8-14(7-6-12(15)3)22-18(25)16(19-4)13-9-20-23(5)10-13;/h6-11,16,19H,1-5H3,(H,21,24)(H,22,25);1H. The van der Waals surface area contributed by atoms with Crippen LogP contribution in [-0.4, -0.2) is 34.7 Å². The van der Waals surface area contributed by atoms with Crippen molar-refractivity contribution in [3.8, 4) is 0 Å². The topological polar surface area (TPSA) is 88.1 Å². The zero-order valence-corrected chi connectivity index (χ0v) is 16.5. The summed E-state index contributed by atoms with van der Waals surface area (Å²) in [6, 6.07) is 4.83. The number of halogens is 1. The molecule has 2 rings (SSSR count). The highest BCUT2D eigenvalue weighted by Gasteiger charge is 2.21. The van der Waals surface area contributed by atoms with Crippen LogP contribution in [0.2, 0.25) is 0 Å². The summed E-state index contributed by atoms with van der Waals surface area (Å²) in [7, 11) is 3.52. The number of nitrogens with one attached hydrogen (secondary N) is 3. The van der Waals surface area contributed by atoms with E-state index in [9.17, 15) is 9.59 Å². The van der Waals surface area contributed by atoms with Crippen molar-refractivity contribution in [2.24, 2.45) is 7.05 Å². The third kappa shape index (κ3) is 5.31. The lowest BCUT2D eigenvalue weighted by Gasteiger charge is -2.16. The minimum absolute atomic E-state index is 0. The van der Waals surface area contributed by atoms with E-state index in [0.717, 1.165) is 11.1 Å². The van der Waals surface area contributed by atoms with E-state index >= 15 is 0 Å². The third-order valence-corrected chi connectivity index (χ3v) is 3.78. The van der Waals surface area contributed by atoms with Crippen LogP contribution in [0.4, 0.5) is 5.69 Å². The molecular weight excluding hydrogens is 354 g/mol. The highest BCUT2D eigenvalue weighted by Crippen LogP contribution is 2.19. The van der Waals surface area contributed by atoms with Crippen LogP contribution < -0.4 is 16.0 Å². The van der Waals surface area contributed by atoms with Crippen LogP contribution in [0, 0.1) is 6.92 Å². The molecule has 2 aromatic rings. The maximum absolute atomic E-state index is 12.6. The number of amides is 2. The van der Waals surface area contributed by atoms with E-state index in [1.54, 1.807) is 43.3 Å². The molecule has 0 saturated carbocycles. The first-order valence-electron chi connectivity index (χ1n) is 8.20. The summed E-state index contributed by atoms with van der Waals surface area (Å²) in [5, 5.41) is 12.8. The molecular formula is C18H26ClN5O2. The lowest BCUT2D eigenvalue weighted by molar-refractivity contribution is -0.118. The van der Waals surface area contributed by atoms with Gasteiger partial charge in [0.05, 0.1) is 6.20 Å². The van der Waals surface area contributed by atoms with E-state index in [-0.39, 0.29) is 30.3 Å². The van der Waals surface area contributed by atoms with Gasteiger partial charge in [-0.1, -0.05) is 6.07 Å². The predicted octanol–water partition coefficient (Wildman–Crippen LogP) is 2.19. The molecule has 1 atom stereocenters. The van der Waals surface area contributed by atoms with Gasteiger partial charge in [0, 0.05) is 36.1 Å². The minimum Gasteiger partial charge on any atom is -0.350 e. The number of carbonyl (C=O) groups excluding carboxylic acids is 2. The van der Waals surface area contributed by atoms with Gasteiger partial charge < -0.3 is 16.0 Å². The number of benzene rings is 1. The molecule has 1 aromatic heterocycles. The van der Waals surface area contributed by atoms with Gasteiger partial charge in [-0.15, -0.1) is 12.4 Å². The third-order valence-electron chi connectivity index (χ3n) is 3.78. The second-order valence-electron chi connectivity index (χ2n) is 6.32. The Morgan fingerprint density at radius 2 is 1.92 bits per heavy atom. The zero-order valence-electron chi connectivity index (χ0n) is 15.7. The van der Waals surface area contributed by atoms with E-state index < -0.39 is 6.04 Å². The Morgan fingerprint density at radius 3 is 2.46 bits per heavy atom. The van der Waals surface area contributed by atoms with Crippen molar-refractivity contribution < 1.29 is 9.59 Å². The second kappa shape index (κ2) is 9.35. The lowest BCUT2D eigenvalue weighted by Crippen LogP contribution is -2.31. The van der Waals surface area contributed by atoms with Crippen LogP contribution >= 0.6 is 12.4 Å². The minimum atomic E-state index is -0.525. The molecule has 0 radical (unpaired) electrons. The van der Waals surface area contributed by atoms with E-state index in [4.69, 9.17) is 0 Å². The van der Waals surface area contributed by atoms with Crippen LogP contribution in [-0.2, 0) is 11.8 Å². The molecule has 0 bridgehead atoms. The molecule has 1 heterocycles. The molecule has 1 unspecified atom stereocenters. The quantitative estimate of drug-likeness (QED) is 0.717. The number of hydrogen-bond donors (Lipinski definition) is 3. The first kappa shape index (κ1) is 21.7. The summed E-state index contributed by atoms with van der Waals surface area (Å²) in [5.41, 5.74) is 2.75. The van der Waals surface area contributed by atoms with Gasteiger partial charge in [0.1, 0.15) is 6.04 Å². The number of aromatic nitrogens is 2. The van der Waals surface area contributed by atoms with Gasteiger partial charge in [0.25, 0.3) is 5.91 Å². The summed E-state index contributed by atoms with van der Waals surface area (Å²) < 4.78 is 1.65. The molecule has 2 amide bonds. The molecule has 1 aromatic carbocycles. The predicted molar refractivity (Wildman–Crippen MR) is 105 cm³/mol. The Bertz CT molecular complexity index is 773. The zero-order chi connectivity index (χ0) is 18.6. The Morgan fingerprint density at radius 1 is 1.23 bits per heavy atom. The Kier molecular flexibility index (Phi) is 7.79. The Hall–Kier alpha value is -2.38. The Labute approximate surface area is 160 Å². The molecule has 8 heteroatoms. The average Bonchev–Trinajstić information content (AvgIpc) is 2.95. The Balaban J connectivity index is 0.00000338. The molecule has 0 spiro atoms. The van der Waals surface area contributed by atoms with E-state index in [1.807, 2.05) is 26.8 Å². The van der Waals surface area contributed by atoms with Gasteiger partial charge in [-0.3, -0.25) is 14.3 Å². The fourth-order valence-electron chi connectivity index (χ4n) is 2.54. The number of nitrogens with zero attached hydrogens (tertiary/aromatic N) is 2. The van der Waals surface area contributed by atoms with Crippen LogP contribution in [0.15, 0.2) is 30.6 Å². The van der Waals surface area contributed by atoms with Crippen molar-refractivity contribution in [2.45, 2.75) is 32.9 Å². The highest BCUT2D eigenvalue weighted by atomic mass is 35.5. The molecule has 0 aliphatic carbocycles. The van der Waals surface area contributed by atoms with Gasteiger partial charge in [-0.05, 0) is 45.5 Å². The average molecular weight is 380 g/mol.